The van der Waals surface area contributed by atoms with E-state index in [9.17, 15) is 9.59 Å². The Kier molecular flexibility index (Phi) is 5.47. The van der Waals surface area contributed by atoms with Gasteiger partial charge in [0.15, 0.2) is 0 Å². The van der Waals surface area contributed by atoms with Crippen LogP contribution >= 0.6 is 0 Å². The molecule has 0 spiro atoms. The van der Waals surface area contributed by atoms with Crippen LogP contribution in [-0.4, -0.2) is 24.0 Å². The molecular weight excluding hydrogens is 342 g/mol. The van der Waals surface area contributed by atoms with Crippen molar-refractivity contribution in [2.75, 3.05) is 17.7 Å². The second kappa shape index (κ2) is 8.14. The van der Waals surface area contributed by atoms with Crippen LogP contribution in [0, 0.1) is 6.92 Å². The number of nitrogens with one attached hydrogen (secondary N) is 2. The molecule has 0 aliphatic carbocycles. The van der Waals surface area contributed by atoms with Gasteiger partial charge in [0.05, 0.1) is 24.6 Å². The summed E-state index contributed by atoms with van der Waals surface area (Å²) in [6.45, 7) is 1.97. The first-order chi connectivity index (χ1) is 13.0. The number of carbonyl (C=O) groups excluding carboxylic acids is 2. The number of nitrogens with zero attached hydrogens (tertiary/aromatic N) is 1. The summed E-state index contributed by atoms with van der Waals surface area (Å²) in [7, 11) is 1.34. The van der Waals surface area contributed by atoms with Crippen molar-refractivity contribution >= 4 is 29.1 Å². The van der Waals surface area contributed by atoms with Crippen LogP contribution in [0.5, 0.6) is 0 Å². The van der Waals surface area contributed by atoms with Crippen LogP contribution in [0.15, 0.2) is 66.9 Å². The molecule has 0 saturated heterocycles. The molecule has 136 valence electrons. The molecule has 1 aromatic heterocycles. The van der Waals surface area contributed by atoms with Crippen molar-refractivity contribution in [2.24, 2.45) is 0 Å². The highest BCUT2D eigenvalue weighted by molar-refractivity contribution is 6.04. The fraction of sp³-hybridized carbons (Fsp3) is 0.0952. The minimum absolute atomic E-state index is 0.191. The highest BCUT2D eigenvalue weighted by Crippen LogP contribution is 2.18. The summed E-state index contributed by atoms with van der Waals surface area (Å²) in [4.78, 5) is 28.1. The van der Waals surface area contributed by atoms with E-state index in [1.165, 1.54) is 7.11 Å². The molecule has 3 rings (SSSR count). The van der Waals surface area contributed by atoms with Crippen molar-refractivity contribution in [1.29, 1.82) is 0 Å². The maximum absolute atomic E-state index is 12.2. The number of amides is 1. The number of esters is 1. The Morgan fingerprint density at radius 1 is 0.926 bits per heavy atom. The fourth-order valence-corrected chi connectivity index (χ4v) is 2.44. The Morgan fingerprint density at radius 3 is 2.37 bits per heavy atom. The summed E-state index contributed by atoms with van der Waals surface area (Å²) in [5.41, 5.74) is 3.43. The lowest BCUT2D eigenvalue weighted by atomic mass is 10.1. The highest BCUT2D eigenvalue weighted by Gasteiger charge is 2.08. The largest absolute Gasteiger partial charge is 0.465 e. The van der Waals surface area contributed by atoms with E-state index in [4.69, 9.17) is 4.74 Å². The molecule has 0 bridgehead atoms. The Bertz CT molecular complexity index is 951. The van der Waals surface area contributed by atoms with Gasteiger partial charge in [-0.2, -0.15) is 0 Å². The molecule has 0 unspecified atom stereocenters. The monoisotopic (exact) mass is 361 g/mol. The number of benzene rings is 2. The van der Waals surface area contributed by atoms with Crippen molar-refractivity contribution in [3.05, 3.63) is 83.6 Å². The first-order valence-electron chi connectivity index (χ1n) is 8.34. The van der Waals surface area contributed by atoms with Crippen LogP contribution < -0.4 is 10.6 Å². The van der Waals surface area contributed by atoms with Gasteiger partial charge in [0.2, 0.25) is 0 Å². The minimum Gasteiger partial charge on any atom is -0.465 e. The zero-order valence-corrected chi connectivity index (χ0v) is 15.0. The van der Waals surface area contributed by atoms with Gasteiger partial charge in [-0.15, -0.1) is 0 Å². The summed E-state index contributed by atoms with van der Waals surface area (Å²) < 4.78 is 4.71. The number of aryl methyl sites for hydroxylation is 1. The smallest absolute Gasteiger partial charge is 0.337 e. The van der Waals surface area contributed by atoms with Crippen LogP contribution in [0.3, 0.4) is 0 Å². The van der Waals surface area contributed by atoms with Gasteiger partial charge >= 0.3 is 5.97 Å². The van der Waals surface area contributed by atoms with Gasteiger partial charge < -0.3 is 15.4 Å². The molecule has 1 amide bonds. The first-order valence-corrected chi connectivity index (χ1v) is 8.34. The number of carbonyl (C=O) groups is 2. The topological polar surface area (TPSA) is 80.3 Å². The third-order valence-electron chi connectivity index (χ3n) is 3.89. The lowest BCUT2D eigenvalue weighted by Gasteiger charge is -2.09. The highest BCUT2D eigenvalue weighted by atomic mass is 16.5. The first kappa shape index (κ1) is 18.1. The molecule has 0 aliphatic rings. The summed E-state index contributed by atoms with van der Waals surface area (Å²) in [5, 5.41) is 5.92. The standard InChI is InChI=1S/C21H19N3O3/c1-14-6-8-15(9-7-14)20(25)24-18-10-11-19(22-13-18)23-17-5-3-4-16(12-17)21(26)27-2/h3-13H,1-2H3,(H,22,23)(H,24,25). The van der Waals surface area contributed by atoms with Gasteiger partial charge in [0, 0.05) is 11.3 Å². The Morgan fingerprint density at radius 2 is 1.70 bits per heavy atom. The molecule has 2 N–H and O–H groups in total. The normalized spacial score (nSPS) is 10.1. The summed E-state index contributed by atoms with van der Waals surface area (Å²) in [5.74, 6) is -0.00517. The lowest BCUT2D eigenvalue weighted by Crippen LogP contribution is -2.12. The SMILES string of the molecule is COC(=O)c1cccc(Nc2ccc(NC(=O)c3ccc(C)cc3)cn2)c1. The van der Waals surface area contributed by atoms with Crippen LogP contribution in [0.1, 0.15) is 26.3 Å². The van der Waals surface area contributed by atoms with E-state index in [1.54, 1.807) is 48.7 Å². The van der Waals surface area contributed by atoms with Crippen LogP contribution in [0.25, 0.3) is 0 Å². The van der Waals surface area contributed by atoms with E-state index in [-0.39, 0.29) is 5.91 Å². The molecular formula is C21H19N3O3. The molecule has 1 heterocycles. The summed E-state index contributed by atoms with van der Waals surface area (Å²) in [6.07, 6.45) is 1.57. The van der Waals surface area contributed by atoms with Gasteiger partial charge in [-0.05, 0) is 49.4 Å². The quantitative estimate of drug-likeness (QED) is 0.667. The zero-order chi connectivity index (χ0) is 19.2. The van der Waals surface area contributed by atoms with E-state index in [1.807, 2.05) is 25.1 Å². The second-order valence-electron chi connectivity index (χ2n) is 5.95. The number of pyridine rings is 1. The molecule has 6 heteroatoms. The number of rotatable bonds is 5. The van der Waals surface area contributed by atoms with Crippen molar-refractivity contribution in [3.8, 4) is 0 Å². The maximum Gasteiger partial charge on any atom is 0.337 e. The van der Waals surface area contributed by atoms with Gasteiger partial charge in [-0.25, -0.2) is 9.78 Å². The van der Waals surface area contributed by atoms with E-state index < -0.39 is 5.97 Å². The molecule has 0 atom stereocenters. The molecule has 2 aromatic carbocycles. The van der Waals surface area contributed by atoms with Crippen LogP contribution in [-0.2, 0) is 4.74 Å². The van der Waals surface area contributed by atoms with E-state index in [0.29, 0.717) is 28.3 Å². The molecule has 0 aliphatic heterocycles. The van der Waals surface area contributed by atoms with Crippen molar-refractivity contribution in [3.63, 3.8) is 0 Å². The fourth-order valence-electron chi connectivity index (χ4n) is 2.44. The average molecular weight is 361 g/mol. The van der Waals surface area contributed by atoms with Gasteiger partial charge in [0.1, 0.15) is 5.82 Å². The molecule has 0 fully saturated rings. The third-order valence-corrected chi connectivity index (χ3v) is 3.89. The van der Waals surface area contributed by atoms with E-state index >= 15 is 0 Å². The van der Waals surface area contributed by atoms with E-state index in [0.717, 1.165) is 5.56 Å². The molecule has 0 radical (unpaired) electrons. The van der Waals surface area contributed by atoms with Gasteiger partial charge in [0.25, 0.3) is 5.91 Å². The zero-order valence-electron chi connectivity index (χ0n) is 15.0. The van der Waals surface area contributed by atoms with Gasteiger partial charge in [-0.3, -0.25) is 4.79 Å². The Balaban J connectivity index is 1.66. The molecule has 27 heavy (non-hydrogen) atoms. The molecule has 6 nitrogen and oxygen atoms in total. The Labute approximate surface area is 157 Å². The second-order valence-corrected chi connectivity index (χ2v) is 5.95. The number of hydrogen-bond donors (Lipinski definition) is 2. The lowest BCUT2D eigenvalue weighted by molar-refractivity contribution is 0.0600. The number of methoxy groups -OCH3 is 1. The van der Waals surface area contributed by atoms with Crippen molar-refractivity contribution in [2.45, 2.75) is 6.92 Å². The number of hydrogen-bond acceptors (Lipinski definition) is 5. The van der Waals surface area contributed by atoms with Gasteiger partial charge in [-0.1, -0.05) is 23.8 Å². The Hall–Kier alpha value is -3.67. The predicted octanol–water partition coefficient (Wildman–Crippen LogP) is 4.17. The average Bonchev–Trinajstić information content (AvgIpc) is 2.69. The number of ether oxygens (including phenoxy) is 1. The van der Waals surface area contributed by atoms with E-state index in [2.05, 4.69) is 15.6 Å². The predicted molar refractivity (Wildman–Crippen MR) is 104 cm³/mol. The van der Waals surface area contributed by atoms with Crippen LogP contribution in [0.2, 0.25) is 0 Å². The number of aromatic nitrogens is 1. The molecule has 0 saturated carbocycles. The van der Waals surface area contributed by atoms with Crippen LogP contribution in [0.4, 0.5) is 17.2 Å². The maximum atomic E-state index is 12.2. The summed E-state index contributed by atoms with van der Waals surface area (Å²) >= 11 is 0. The van der Waals surface area contributed by atoms with Crippen molar-refractivity contribution < 1.29 is 14.3 Å². The third kappa shape index (κ3) is 4.70. The number of anilines is 3. The van der Waals surface area contributed by atoms with Crippen molar-refractivity contribution in [1.82, 2.24) is 4.98 Å². The summed E-state index contributed by atoms with van der Waals surface area (Å²) in [6, 6.07) is 17.8. The molecule has 3 aromatic rings. The minimum atomic E-state index is -0.402.